The number of hydrazine groups is 1. The van der Waals surface area contributed by atoms with Crippen molar-refractivity contribution in [3.05, 3.63) is 62.5 Å². The molecule has 0 aliphatic rings. The van der Waals surface area contributed by atoms with Gasteiger partial charge in [-0.3, -0.25) is 20.4 Å². The minimum atomic E-state index is -0.391. The summed E-state index contributed by atoms with van der Waals surface area (Å²) in [5.41, 5.74) is 5.34. The van der Waals surface area contributed by atoms with Crippen LogP contribution in [0, 0.1) is 0 Å². The van der Waals surface area contributed by atoms with E-state index in [9.17, 15) is 9.59 Å². The molecule has 2 aromatic carbocycles. The Morgan fingerprint density at radius 3 is 2.57 bits per heavy atom. The number of thiocarbonyl (C=S) groups is 1. The molecule has 10 heteroatoms. The minimum absolute atomic E-state index is 0.00734. The van der Waals surface area contributed by atoms with Crippen LogP contribution in [-0.2, 0) is 4.79 Å². The number of nitrogens with one attached hydrogen (secondary N) is 3. The van der Waals surface area contributed by atoms with Gasteiger partial charge in [-0.1, -0.05) is 35.3 Å². The van der Waals surface area contributed by atoms with E-state index in [-0.39, 0.29) is 17.4 Å². The normalized spacial score (nSPS) is 10.1. The Balaban J connectivity index is 1.66. The molecule has 148 valence electrons. The zero-order chi connectivity index (χ0) is 20.5. The van der Waals surface area contributed by atoms with Gasteiger partial charge in [0.25, 0.3) is 5.91 Å². The molecule has 0 heterocycles. The summed E-state index contributed by atoms with van der Waals surface area (Å²) in [7, 11) is 0. The van der Waals surface area contributed by atoms with Gasteiger partial charge in [0.15, 0.2) is 5.11 Å². The van der Waals surface area contributed by atoms with Gasteiger partial charge in [0.2, 0.25) is 5.91 Å². The summed E-state index contributed by atoms with van der Waals surface area (Å²) < 4.78 is 6.15. The monoisotopic (exact) mass is 503 g/mol. The Labute approximate surface area is 186 Å². The van der Waals surface area contributed by atoms with Crippen molar-refractivity contribution < 1.29 is 14.3 Å². The lowest BCUT2D eigenvalue weighted by Gasteiger charge is -2.12. The summed E-state index contributed by atoms with van der Waals surface area (Å²) in [5, 5.41) is 3.39. The largest absolute Gasteiger partial charge is 0.492 e. The minimum Gasteiger partial charge on any atom is -0.492 e. The second-order valence-corrected chi connectivity index (χ2v) is 7.57. The van der Waals surface area contributed by atoms with E-state index in [2.05, 4.69) is 32.1 Å². The van der Waals surface area contributed by atoms with Crippen molar-refractivity contribution in [2.24, 2.45) is 0 Å². The third-order valence-electron chi connectivity index (χ3n) is 3.36. The van der Waals surface area contributed by atoms with E-state index in [0.717, 1.165) is 0 Å². The molecule has 0 atom stereocenters. The van der Waals surface area contributed by atoms with Gasteiger partial charge in [-0.25, -0.2) is 0 Å². The molecule has 0 fully saturated rings. The molecule has 0 aliphatic carbocycles. The summed E-state index contributed by atoms with van der Waals surface area (Å²) in [6.07, 6.45) is 0.641. The van der Waals surface area contributed by atoms with Crippen molar-refractivity contribution in [2.45, 2.75) is 12.8 Å². The van der Waals surface area contributed by atoms with Crippen molar-refractivity contribution >= 4 is 68.3 Å². The average molecular weight is 505 g/mol. The maximum absolute atomic E-state index is 12.0. The molecule has 2 aromatic rings. The van der Waals surface area contributed by atoms with Crippen molar-refractivity contribution in [3.63, 3.8) is 0 Å². The highest BCUT2D eigenvalue weighted by Crippen LogP contribution is 2.27. The Hall–Kier alpha value is -1.87. The third-order valence-corrected chi connectivity index (χ3v) is 4.79. The van der Waals surface area contributed by atoms with Gasteiger partial charge >= 0.3 is 0 Å². The van der Waals surface area contributed by atoms with Gasteiger partial charge in [-0.2, -0.15) is 0 Å². The van der Waals surface area contributed by atoms with Crippen LogP contribution in [-0.4, -0.2) is 23.5 Å². The lowest BCUT2D eigenvalue weighted by atomic mass is 10.2. The van der Waals surface area contributed by atoms with Crippen LogP contribution in [0.2, 0.25) is 10.0 Å². The molecule has 0 spiro atoms. The smallest absolute Gasteiger partial charge is 0.270 e. The zero-order valence-electron chi connectivity index (χ0n) is 14.4. The molecular formula is C18H16BrCl2N3O3S. The Bertz CT molecular complexity index is 883. The summed E-state index contributed by atoms with van der Waals surface area (Å²) in [4.78, 5) is 23.9. The molecule has 2 amide bonds. The van der Waals surface area contributed by atoms with E-state index in [1.54, 1.807) is 42.5 Å². The Morgan fingerprint density at radius 1 is 1.11 bits per heavy atom. The van der Waals surface area contributed by atoms with Crippen molar-refractivity contribution in [1.29, 1.82) is 0 Å². The predicted molar refractivity (Wildman–Crippen MR) is 117 cm³/mol. The highest BCUT2D eigenvalue weighted by atomic mass is 79.9. The van der Waals surface area contributed by atoms with Crippen LogP contribution in [0.5, 0.6) is 5.75 Å². The van der Waals surface area contributed by atoms with Crippen molar-refractivity contribution in [3.8, 4) is 5.75 Å². The fourth-order valence-corrected chi connectivity index (χ4v) is 3.15. The molecule has 0 unspecified atom stereocenters. The van der Waals surface area contributed by atoms with Crippen LogP contribution in [0.25, 0.3) is 0 Å². The van der Waals surface area contributed by atoms with Gasteiger partial charge in [-0.05, 0) is 64.9 Å². The number of hydrogen-bond acceptors (Lipinski definition) is 4. The standard InChI is InChI=1S/C18H16BrCl2N3O3S/c19-13-5-2-1-4-12(13)17(26)23-24-18(28)22-16(25)6-3-9-27-15-8-7-11(20)10-14(15)21/h1-2,4-5,7-8,10H,3,6,9H2,(H,23,26)(H2,22,24,25,28). The fraction of sp³-hybridized carbons (Fsp3) is 0.167. The first kappa shape index (κ1) is 22.4. The van der Waals surface area contributed by atoms with Crippen molar-refractivity contribution in [2.75, 3.05) is 6.61 Å². The Morgan fingerprint density at radius 2 is 1.86 bits per heavy atom. The van der Waals surface area contributed by atoms with Crippen LogP contribution in [0.3, 0.4) is 0 Å². The summed E-state index contributed by atoms with van der Waals surface area (Å²) in [6, 6.07) is 11.8. The molecule has 6 nitrogen and oxygen atoms in total. The SMILES string of the molecule is O=C(CCCOc1ccc(Cl)cc1Cl)NC(=S)NNC(=O)c1ccccc1Br. The number of rotatable bonds is 6. The van der Waals surface area contributed by atoms with E-state index >= 15 is 0 Å². The molecule has 0 aliphatic heterocycles. The van der Waals surface area contributed by atoms with E-state index in [1.165, 1.54) is 0 Å². The number of benzene rings is 2. The van der Waals surface area contributed by atoms with Crippen LogP contribution in [0.4, 0.5) is 0 Å². The lowest BCUT2D eigenvalue weighted by molar-refractivity contribution is -0.119. The molecule has 0 bridgehead atoms. The summed E-state index contributed by atoms with van der Waals surface area (Å²) >= 11 is 20.1. The van der Waals surface area contributed by atoms with Crippen LogP contribution >= 0.6 is 51.3 Å². The first-order valence-electron chi connectivity index (χ1n) is 8.09. The van der Waals surface area contributed by atoms with Gasteiger partial charge in [0.1, 0.15) is 5.75 Å². The number of halogens is 3. The zero-order valence-corrected chi connectivity index (χ0v) is 18.3. The molecule has 3 N–H and O–H groups in total. The van der Waals surface area contributed by atoms with Crippen LogP contribution < -0.4 is 20.9 Å². The van der Waals surface area contributed by atoms with E-state index in [1.807, 2.05) is 0 Å². The molecule has 2 rings (SSSR count). The molecule has 0 radical (unpaired) electrons. The molecule has 0 saturated heterocycles. The molecule has 28 heavy (non-hydrogen) atoms. The predicted octanol–water partition coefficient (Wildman–Crippen LogP) is 4.25. The van der Waals surface area contributed by atoms with Gasteiger partial charge in [0.05, 0.1) is 17.2 Å². The quantitative estimate of drug-likeness (QED) is 0.311. The maximum Gasteiger partial charge on any atom is 0.270 e. The van der Waals surface area contributed by atoms with Gasteiger partial charge in [0, 0.05) is 15.9 Å². The van der Waals surface area contributed by atoms with Crippen LogP contribution in [0.15, 0.2) is 46.9 Å². The number of hydrogen-bond donors (Lipinski definition) is 3. The first-order valence-corrected chi connectivity index (χ1v) is 10.0. The van der Waals surface area contributed by atoms with E-state index < -0.39 is 5.91 Å². The second-order valence-electron chi connectivity index (χ2n) is 5.46. The van der Waals surface area contributed by atoms with Crippen LogP contribution in [0.1, 0.15) is 23.2 Å². The number of amides is 2. The lowest BCUT2D eigenvalue weighted by Crippen LogP contribution is -2.48. The first-order chi connectivity index (χ1) is 13.4. The summed E-state index contributed by atoms with van der Waals surface area (Å²) in [6.45, 7) is 0.299. The Kier molecular flexibility index (Phi) is 8.98. The fourth-order valence-electron chi connectivity index (χ4n) is 2.05. The number of carbonyl (C=O) groups is 2. The molecular weight excluding hydrogens is 489 g/mol. The topological polar surface area (TPSA) is 79.5 Å². The highest BCUT2D eigenvalue weighted by molar-refractivity contribution is 9.10. The van der Waals surface area contributed by atoms with E-state index in [0.29, 0.717) is 38.9 Å². The average Bonchev–Trinajstić information content (AvgIpc) is 2.65. The highest BCUT2D eigenvalue weighted by Gasteiger charge is 2.10. The van der Waals surface area contributed by atoms with Crippen molar-refractivity contribution in [1.82, 2.24) is 16.2 Å². The number of carbonyl (C=O) groups excluding carboxylic acids is 2. The van der Waals surface area contributed by atoms with Gasteiger partial charge in [-0.15, -0.1) is 0 Å². The molecule has 0 aromatic heterocycles. The van der Waals surface area contributed by atoms with Gasteiger partial charge < -0.3 is 10.1 Å². The third kappa shape index (κ3) is 7.27. The summed E-state index contributed by atoms with van der Waals surface area (Å²) in [5.74, 6) is -0.200. The van der Waals surface area contributed by atoms with E-state index in [4.69, 9.17) is 40.2 Å². The molecule has 0 saturated carbocycles. The second kappa shape index (κ2) is 11.2. The number of ether oxygens (including phenoxy) is 1. The maximum atomic E-state index is 12.0.